The van der Waals surface area contributed by atoms with Gasteiger partial charge in [0.1, 0.15) is 23.9 Å². The van der Waals surface area contributed by atoms with Crippen molar-refractivity contribution < 1.29 is 27.5 Å². The Kier molecular flexibility index (Phi) is 10.5. The molecule has 0 N–H and O–H groups in total. The molecule has 2 aromatic heterocycles. The number of hydrogen-bond donors (Lipinski definition) is 0. The molecule has 5 rings (SSSR count). The number of rotatable bonds is 10. The lowest BCUT2D eigenvalue weighted by molar-refractivity contribution is -0.139. The summed E-state index contributed by atoms with van der Waals surface area (Å²) in [6.07, 6.45) is -0.0377. The second-order valence-corrected chi connectivity index (χ2v) is 19.7. The number of aromatic nitrogens is 3. The van der Waals surface area contributed by atoms with Crippen LogP contribution in [0.5, 0.6) is 0 Å². The molecule has 4 heterocycles. The minimum atomic E-state index is -4.91. The fourth-order valence-corrected chi connectivity index (χ4v) is 7.60. The van der Waals surface area contributed by atoms with Gasteiger partial charge in [0.05, 0.1) is 16.9 Å². The number of alkyl halides is 3. The summed E-state index contributed by atoms with van der Waals surface area (Å²) in [6, 6.07) is 3.93. The van der Waals surface area contributed by atoms with Crippen LogP contribution in [0.4, 0.5) is 24.7 Å². The van der Waals surface area contributed by atoms with Crippen LogP contribution in [0.3, 0.4) is 0 Å². The zero-order chi connectivity index (χ0) is 33.2. The average molecular weight is 683 g/mol. The van der Waals surface area contributed by atoms with Crippen LogP contribution < -0.4 is 15.4 Å². The van der Waals surface area contributed by atoms with E-state index in [0.29, 0.717) is 63.5 Å². The van der Waals surface area contributed by atoms with Gasteiger partial charge in [0.15, 0.2) is 0 Å². The maximum absolute atomic E-state index is 14.4. The summed E-state index contributed by atoms with van der Waals surface area (Å²) >= 11 is 5.94. The van der Waals surface area contributed by atoms with Crippen LogP contribution in [0.1, 0.15) is 37.7 Å². The minimum absolute atomic E-state index is 0.0834. The number of anilines is 2. The van der Waals surface area contributed by atoms with Gasteiger partial charge in [-0.05, 0) is 43.9 Å². The van der Waals surface area contributed by atoms with Crippen molar-refractivity contribution >= 4 is 42.9 Å². The Labute approximate surface area is 272 Å². The number of piperazine rings is 1. The first kappa shape index (κ1) is 34.4. The molecular formula is C31H42ClF3N6O4Si. The van der Waals surface area contributed by atoms with Crippen LogP contribution >= 0.6 is 11.6 Å². The van der Waals surface area contributed by atoms with Crippen molar-refractivity contribution in [3.8, 4) is 0 Å². The minimum Gasteiger partial charge on any atom is -0.366 e. The standard InChI is InChI=1S/C31H42ClF3N6O4Si/c1-46(2,3)16-15-45-20-41-30(44)28(31(33,34)35)25(19-37-41)40-10-4-5-24(40)23-8-6-21(29(23)43)17-27(42)39-13-11-38(12-14-39)26-9-7-22(32)18-36-26/h7,9,18-19,21,23-24H,4-6,8,10-17,20H2,1-3H3/t21?,23?,24-/m0/s1. The highest BCUT2D eigenvalue weighted by molar-refractivity contribution is 6.76. The van der Waals surface area contributed by atoms with Gasteiger partial charge in [0, 0.05) is 77.9 Å². The fraction of sp³-hybridized carbons (Fsp3) is 0.645. The van der Waals surface area contributed by atoms with E-state index in [4.69, 9.17) is 16.3 Å². The normalized spacial score (nSPS) is 22.6. The van der Waals surface area contributed by atoms with Gasteiger partial charge in [-0.3, -0.25) is 14.4 Å². The Morgan fingerprint density at radius 3 is 2.43 bits per heavy atom. The second-order valence-electron chi connectivity index (χ2n) is 13.6. The molecule has 2 saturated heterocycles. The van der Waals surface area contributed by atoms with Gasteiger partial charge in [-0.1, -0.05) is 31.2 Å². The van der Waals surface area contributed by atoms with E-state index in [1.54, 1.807) is 22.1 Å². The topological polar surface area (TPSA) is 101 Å². The van der Waals surface area contributed by atoms with Crippen molar-refractivity contribution in [1.82, 2.24) is 19.7 Å². The van der Waals surface area contributed by atoms with Crippen molar-refractivity contribution in [1.29, 1.82) is 0 Å². The predicted molar refractivity (Wildman–Crippen MR) is 172 cm³/mol. The third-order valence-electron chi connectivity index (χ3n) is 9.27. The zero-order valence-corrected chi connectivity index (χ0v) is 28.3. The third kappa shape index (κ3) is 7.93. The molecule has 3 fully saturated rings. The maximum Gasteiger partial charge on any atom is 0.423 e. The first-order valence-electron chi connectivity index (χ1n) is 15.9. The van der Waals surface area contributed by atoms with Gasteiger partial charge in [-0.2, -0.15) is 18.3 Å². The summed E-state index contributed by atoms with van der Waals surface area (Å²) in [6.45, 7) is 8.96. The lowest BCUT2D eigenvalue weighted by Crippen LogP contribution is -2.49. The molecule has 46 heavy (non-hydrogen) atoms. The summed E-state index contributed by atoms with van der Waals surface area (Å²) in [5.41, 5.74) is -2.83. The fourth-order valence-electron chi connectivity index (χ4n) is 6.73. The van der Waals surface area contributed by atoms with Gasteiger partial charge < -0.3 is 19.4 Å². The maximum atomic E-state index is 14.4. The smallest absolute Gasteiger partial charge is 0.366 e. The van der Waals surface area contributed by atoms with E-state index in [2.05, 4.69) is 34.6 Å². The Balaban J connectivity index is 1.22. The number of pyridine rings is 1. The SMILES string of the molecule is C[Si](C)(C)CCOCn1ncc(N2CCC[C@H]2C2CCC(CC(=O)N3CCN(c4ccc(Cl)cn4)CC3)C2=O)c(C(F)(F)F)c1=O. The lowest BCUT2D eigenvalue weighted by atomic mass is 9.91. The Morgan fingerprint density at radius 1 is 1.04 bits per heavy atom. The zero-order valence-electron chi connectivity index (χ0n) is 26.6. The highest BCUT2D eigenvalue weighted by Gasteiger charge is 2.47. The number of nitrogens with zero attached hydrogens (tertiary/aromatic N) is 6. The highest BCUT2D eigenvalue weighted by atomic mass is 35.5. The van der Waals surface area contributed by atoms with Gasteiger partial charge >= 0.3 is 6.18 Å². The van der Waals surface area contributed by atoms with Gasteiger partial charge in [-0.15, -0.1) is 0 Å². The molecular weight excluding hydrogens is 641 g/mol. The number of ketones is 1. The van der Waals surface area contributed by atoms with Crippen LogP contribution in [0.25, 0.3) is 0 Å². The Bertz CT molecular complexity index is 1460. The molecule has 10 nitrogen and oxygen atoms in total. The molecule has 1 amide bonds. The van der Waals surface area contributed by atoms with Crippen LogP contribution in [-0.4, -0.2) is 84.8 Å². The summed E-state index contributed by atoms with van der Waals surface area (Å²) in [5, 5.41) is 4.60. The van der Waals surface area contributed by atoms with Gasteiger partial charge in [0.2, 0.25) is 5.91 Å². The molecule has 2 aliphatic heterocycles. The highest BCUT2D eigenvalue weighted by Crippen LogP contribution is 2.42. The number of halogens is 4. The second kappa shape index (κ2) is 14.0. The molecule has 3 aliphatic rings. The third-order valence-corrected chi connectivity index (χ3v) is 11.2. The van der Waals surface area contributed by atoms with E-state index < -0.39 is 43.3 Å². The summed E-state index contributed by atoms with van der Waals surface area (Å²) in [5.74, 6) is -0.373. The first-order chi connectivity index (χ1) is 21.7. The Morgan fingerprint density at radius 2 is 1.78 bits per heavy atom. The molecule has 3 atom stereocenters. The largest absolute Gasteiger partial charge is 0.423 e. The van der Waals surface area contributed by atoms with Gasteiger partial charge in [0.25, 0.3) is 5.56 Å². The van der Waals surface area contributed by atoms with E-state index in [-0.39, 0.29) is 37.1 Å². The molecule has 2 aromatic rings. The number of hydrogen-bond acceptors (Lipinski definition) is 8. The van der Waals surface area contributed by atoms with E-state index >= 15 is 0 Å². The summed E-state index contributed by atoms with van der Waals surface area (Å²) < 4.78 is 49.3. The van der Waals surface area contributed by atoms with E-state index in [0.717, 1.165) is 22.7 Å². The molecule has 0 bridgehead atoms. The quantitative estimate of drug-likeness (QED) is 0.257. The van der Waals surface area contributed by atoms with Crippen LogP contribution in [-0.2, 0) is 27.2 Å². The van der Waals surface area contributed by atoms with E-state index in [1.165, 1.54) is 0 Å². The summed E-state index contributed by atoms with van der Waals surface area (Å²) in [4.78, 5) is 49.6. The monoisotopic (exact) mass is 682 g/mol. The summed E-state index contributed by atoms with van der Waals surface area (Å²) in [7, 11) is -1.42. The number of amides is 1. The number of ether oxygens (including phenoxy) is 1. The number of Topliss-reactive ketones (excluding diaryl/α,β-unsaturated/α-hetero) is 1. The molecule has 1 aliphatic carbocycles. The molecule has 1 saturated carbocycles. The molecule has 0 aromatic carbocycles. The van der Waals surface area contributed by atoms with Crippen molar-refractivity contribution in [3.63, 3.8) is 0 Å². The van der Waals surface area contributed by atoms with Crippen LogP contribution in [0, 0.1) is 11.8 Å². The van der Waals surface area contributed by atoms with Gasteiger partial charge in [-0.25, -0.2) is 9.67 Å². The van der Waals surface area contributed by atoms with Crippen molar-refractivity contribution in [2.75, 3.05) is 49.1 Å². The van der Waals surface area contributed by atoms with Crippen LogP contribution in [0.2, 0.25) is 30.7 Å². The van der Waals surface area contributed by atoms with Crippen molar-refractivity contribution in [2.24, 2.45) is 11.8 Å². The molecule has 0 spiro atoms. The molecule has 0 radical (unpaired) electrons. The van der Waals surface area contributed by atoms with Crippen molar-refractivity contribution in [2.45, 2.75) is 76.7 Å². The Hall–Kier alpha value is -2.97. The van der Waals surface area contributed by atoms with Crippen LogP contribution in [0.15, 0.2) is 29.3 Å². The van der Waals surface area contributed by atoms with Crippen molar-refractivity contribution in [3.05, 3.63) is 45.5 Å². The average Bonchev–Trinajstić information content (AvgIpc) is 3.61. The van der Waals surface area contributed by atoms with E-state index in [9.17, 15) is 27.6 Å². The molecule has 15 heteroatoms. The number of carbonyl (C=O) groups excluding carboxylic acids is 2. The molecule has 2 unspecified atom stereocenters. The lowest BCUT2D eigenvalue weighted by Gasteiger charge is -2.36. The van der Waals surface area contributed by atoms with E-state index in [1.807, 2.05) is 6.07 Å². The molecule has 252 valence electrons. The number of carbonyl (C=O) groups is 2. The first-order valence-corrected chi connectivity index (χ1v) is 20.0. The predicted octanol–water partition coefficient (Wildman–Crippen LogP) is 4.93.